The normalized spacial score (nSPS) is 10.4. The number of hydrogen-bond donors (Lipinski definition) is 1. The van der Waals surface area contributed by atoms with Crippen LogP contribution in [0.25, 0.3) is 0 Å². The number of hydrogen-bond acceptors (Lipinski definition) is 2. The Morgan fingerprint density at radius 2 is 1.71 bits per heavy atom. The Bertz CT molecular complexity index is 362. The van der Waals surface area contributed by atoms with Crippen molar-refractivity contribution >= 4 is 29.0 Å². The van der Waals surface area contributed by atoms with Gasteiger partial charge in [0, 0.05) is 15.6 Å². The van der Waals surface area contributed by atoms with Crippen LogP contribution >= 0.6 is 23.2 Å². The number of Topliss-reactive ketones (excluding diaryl/α,β-unsaturated/α-hetero) is 1. The van der Waals surface area contributed by atoms with Gasteiger partial charge in [-0.05, 0) is 31.0 Å². The third kappa shape index (κ3) is 1.92. The summed E-state index contributed by atoms with van der Waals surface area (Å²) < 4.78 is 0. The van der Waals surface area contributed by atoms with E-state index in [4.69, 9.17) is 28.9 Å². The second-order valence-corrected chi connectivity index (χ2v) is 3.91. The van der Waals surface area contributed by atoms with Crippen molar-refractivity contribution in [2.24, 2.45) is 5.73 Å². The van der Waals surface area contributed by atoms with E-state index in [1.54, 1.807) is 19.9 Å². The first kappa shape index (κ1) is 11.5. The van der Waals surface area contributed by atoms with Crippen LogP contribution in [-0.2, 0) is 0 Å². The molecule has 0 spiro atoms. The SMILES string of the molecule is Cc1c(Cl)cc(Cl)c(C)c1C(=O)CN. The summed E-state index contributed by atoms with van der Waals surface area (Å²) in [6.07, 6.45) is 0. The molecule has 76 valence electrons. The lowest BCUT2D eigenvalue weighted by Gasteiger charge is -2.10. The van der Waals surface area contributed by atoms with Gasteiger partial charge in [-0.25, -0.2) is 0 Å². The van der Waals surface area contributed by atoms with Crippen molar-refractivity contribution in [3.05, 3.63) is 32.8 Å². The lowest BCUT2D eigenvalue weighted by atomic mass is 9.99. The highest BCUT2D eigenvalue weighted by Gasteiger charge is 2.15. The largest absolute Gasteiger partial charge is 0.324 e. The van der Waals surface area contributed by atoms with Crippen molar-refractivity contribution in [2.45, 2.75) is 13.8 Å². The molecule has 2 nitrogen and oxygen atoms in total. The van der Waals surface area contributed by atoms with Gasteiger partial charge in [0.15, 0.2) is 5.78 Å². The molecule has 2 N–H and O–H groups in total. The highest BCUT2D eigenvalue weighted by Crippen LogP contribution is 2.29. The Morgan fingerprint density at radius 1 is 1.29 bits per heavy atom. The number of benzene rings is 1. The summed E-state index contributed by atoms with van der Waals surface area (Å²) in [6, 6.07) is 1.64. The highest BCUT2D eigenvalue weighted by atomic mass is 35.5. The van der Waals surface area contributed by atoms with E-state index in [1.807, 2.05) is 0 Å². The van der Waals surface area contributed by atoms with E-state index in [1.165, 1.54) is 0 Å². The first-order valence-corrected chi connectivity index (χ1v) is 4.93. The molecule has 0 aliphatic rings. The molecule has 0 amide bonds. The lowest BCUT2D eigenvalue weighted by molar-refractivity contribution is 0.1000. The van der Waals surface area contributed by atoms with Crippen molar-refractivity contribution in [2.75, 3.05) is 6.54 Å². The minimum absolute atomic E-state index is 0.0294. The Labute approximate surface area is 93.0 Å². The van der Waals surface area contributed by atoms with E-state index in [0.29, 0.717) is 15.6 Å². The van der Waals surface area contributed by atoms with Gasteiger partial charge in [-0.2, -0.15) is 0 Å². The van der Waals surface area contributed by atoms with Crippen molar-refractivity contribution in [1.29, 1.82) is 0 Å². The minimum atomic E-state index is -0.135. The molecule has 4 heteroatoms. The number of halogens is 2. The molecule has 0 bridgehead atoms. The molecule has 0 heterocycles. The molecule has 0 saturated carbocycles. The van der Waals surface area contributed by atoms with Crippen molar-refractivity contribution < 1.29 is 4.79 Å². The van der Waals surface area contributed by atoms with Crippen LogP contribution in [0.1, 0.15) is 21.5 Å². The Balaban J connectivity index is 3.47. The molecule has 0 saturated heterocycles. The van der Waals surface area contributed by atoms with E-state index in [-0.39, 0.29) is 12.3 Å². The minimum Gasteiger partial charge on any atom is -0.324 e. The van der Waals surface area contributed by atoms with Gasteiger partial charge in [0.2, 0.25) is 0 Å². The summed E-state index contributed by atoms with van der Waals surface area (Å²) in [4.78, 5) is 11.5. The Hall–Kier alpha value is -0.570. The summed E-state index contributed by atoms with van der Waals surface area (Å²) in [5.41, 5.74) is 7.33. The zero-order chi connectivity index (χ0) is 10.9. The van der Waals surface area contributed by atoms with Crippen LogP contribution in [-0.4, -0.2) is 12.3 Å². The zero-order valence-corrected chi connectivity index (χ0v) is 9.54. The Kier molecular flexibility index (Phi) is 3.53. The van der Waals surface area contributed by atoms with Crippen LogP contribution in [0.2, 0.25) is 10.0 Å². The maximum Gasteiger partial charge on any atom is 0.177 e. The van der Waals surface area contributed by atoms with Gasteiger partial charge in [0.25, 0.3) is 0 Å². The quantitative estimate of drug-likeness (QED) is 0.796. The van der Waals surface area contributed by atoms with E-state index in [2.05, 4.69) is 0 Å². The second-order valence-electron chi connectivity index (χ2n) is 3.09. The van der Waals surface area contributed by atoms with Crippen LogP contribution in [0.4, 0.5) is 0 Å². The monoisotopic (exact) mass is 231 g/mol. The van der Waals surface area contributed by atoms with Gasteiger partial charge in [-0.15, -0.1) is 0 Å². The predicted molar refractivity (Wildman–Crippen MR) is 59.3 cm³/mol. The van der Waals surface area contributed by atoms with Gasteiger partial charge >= 0.3 is 0 Å². The van der Waals surface area contributed by atoms with Gasteiger partial charge in [-0.3, -0.25) is 4.79 Å². The fourth-order valence-electron chi connectivity index (χ4n) is 1.37. The van der Waals surface area contributed by atoms with Crippen molar-refractivity contribution in [1.82, 2.24) is 0 Å². The number of carbonyl (C=O) groups excluding carboxylic acids is 1. The van der Waals surface area contributed by atoms with E-state index in [0.717, 1.165) is 11.1 Å². The smallest absolute Gasteiger partial charge is 0.177 e. The Morgan fingerprint density at radius 3 is 2.07 bits per heavy atom. The van der Waals surface area contributed by atoms with Crippen molar-refractivity contribution in [3.63, 3.8) is 0 Å². The van der Waals surface area contributed by atoms with Crippen LogP contribution in [0, 0.1) is 13.8 Å². The average molecular weight is 232 g/mol. The third-order valence-electron chi connectivity index (χ3n) is 2.18. The fourth-order valence-corrected chi connectivity index (χ4v) is 1.83. The average Bonchev–Trinajstić information content (AvgIpc) is 2.15. The first-order chi connectivity index (χ1) is 6.49. The molecule has 0 fully saturated rings. The predicted octanol–water partition coefficient (Wildman–Crippen LogP) is 2.75. The maximum atomic E-state index is 11.5. The molecule has 0 radical (unpaired) electrons. The van der Waals surface area contributed by atoms with Crippen molar-refractivity contribution in [3.8, 4) is 0 Å². The molecule has 0 atom stereocenters. The molecular weight excluding hydrogens is 221 g/mol. The van der Waals surface area contributed by atoms with E-state index >= 15 is 0 Å². The van der Waals surface area contributed by atoms with Crippen LogP contribution in [0.3, 0.4) is 0 Å². The molecule has 0 aromatic heterocycles. The number of ketones is 1. The summed E-state index contributed by atoms with van der Waals surface area (Å²) in [7, 11) is 0. The molecule has 14 heavy (non-hydrogen) atoms. The molecule has 1 rings (SSSR count). The van der Waals surface area contributed by atoms with E-state index in [9.17, 15) is 4.79 Å². The standard InChI is InChI=1S/C10H11Cl2NO/c1-5-7(11)3-8(12)6(2)10(5)9(14)4-13/h3H,4,13H2,1-2H3. The maximum absolute atomic E-state index is 11.5. The molecule has 0 aliphatic carbocycles. The van der Waals surface area contributed by atoms with Crippen LogP contribution < -0.4 is 5.73 Å². The molecule has 0 unspecified atom stereocenters. The second kappa shape index (κ2) is 4.30. The molecule has 1 aromatic carbocycles. The van der Waals surface area contributed by atoms with Crippen LogP contribution in [0.5, 0.6) is 0 Å². The summed E-state index contributed by atoms with van der Waals surface area (Å²) in [5.74, 6) is -0.135. The van der Waals surface area contributed by atoms with Gasteiger partial charge in [0.1, 0.15) is 0 Å². The molecule has 0 aliphatic heterocycles. The van der Waals surface area contributed by atoms with Crippen LogP contribution in [0.15, 0.2) is 6.07 Å². The highest BCUT2D eigenvalue weighted by molar-refractivity contribution is 6.36. The zero-order valence-electron chi connectivity index (χ0n) is 8.03. The third-order valence-corrected chi connectivity index (χ3v) is 2.97. The van der Waals surface area contributed by atoms with E-state index < -0.39 is 0 Å². The number of rotatable bonds is 2. The number of carbonyl (C=O) groups is 1. The van der Waals surface area contributed by atoms with Gasteiger partial charge < -0.3 is 5.73 Å². The number of nitrogens with two attached hydrogens (primary N) is 1. The lowest BCUT2D eigenvalue weighted by Crippen LogP contribution is -2.16. The topological polar surface area (TPSA) is 43.1 Å². The first-order valence-electron chi connectivity index (χ1n) is 4.17. The fraction of sp³-hybridized carbons (Fsp3) is 0.300. The summed E-state index contributed by atoms with van der Waals surface area (Å²) >= 11 is 11.8. The molecular formula is C10H11Cl2NO. The summed E-state index contributed by atoms with van der Waals surface area (Å²) in [6.45, 7) is 3.54. The molecule has 1 aromatic rings. The summed E-state index contributed by atoms with van der Waals surface area (Å²) in [5, 5.41) is 0.995. The van der Waals surface area contributed by atoms with Gasteiger partial charge in [-0.1, -0.05) is 23.2 Å². The van der Waals surface area contributed by atoms with Gasteiger partial charge in [0.05, 0.1) is 6.54 Å².